The van der Waals surface area contributed by atoms with Gasteiger partial charge in [0.2, 0.25) is 0 Å². The van der Waals surface area contributed by atoms with E-state index < -0.39 is 0 Å². The first kappa shape index (κ1) is 14.1. The molecule has 0 saturated heterocycles. The van der Waals surface area contributed by atoms with E-state index in [2.05, 4.69) is 17.1 Å². The highest BCUT2D eigenvalue weighted by Crippen LogP contribution is 2.35. The van der Waals surface area contributed by atoms with Gasteiger partial charge in [0.05, 0.1) is 0 Å². The highest BCUT2D eigenvalue weighted by molar-refractivity contribution is 6.31. The molecule has 2 aromatic carbocycles. The maximum atomic E-state index is 6.40. The molecule has 3 aromatic rings. The van der Waals surface area contributed by atoms with E-state index in [9.17, 15) is 0 Å². The average Bonchev–Trinajstić information content (AvgIpc) is 2.52. The minimum atomic E-state index is 0.0460. The van der Waals surface area contributed by atoms with Crippen LogP contribution in [0.3, 0.4) is 0 Å². The second-order valence-electron chi connectivity index (χ2n) is 4.79. The van der Waals surface area contributed by atoms with E-state index in [1.165, 1.54) is 0 Å². The highest BCUT2D eigenvalue weighted by atomic mass is 35.5. The quantitative estimate of drug-likeness (QED) is 0.616. The van der Waals surface area contributed by atoms with Gasteiger partial charge in [-0.1, -0.05) is 59.6 Å². The monoisotopic (exact) mass is 313 g/mol. The van der Waals surface area contributed by atoms with Crippen molar-refractivity contribution in [1.82, 2.24) is 4.98 Å². The number of rotatable bonds is 3. The molecule has 0 aliphatic rings. The van der Waals surface area contributed by atoms with Gasteiger partial charge in [0, 0.05) is 28.4 Å². The van der Waals surface area contributed by atoms with E-state index >= 15 is 0 Å². The van der Waals surface area contributed by atoms with Crippen molar-refractivity contribution in [3.05, 3.63) is 99.8 Å². The van der Waals surface area contributed by atoms with Crippen molar-refractivity contribution in [1.29, 1.82) is 0 Å². The lowest BCUT2D eigenvalue weighted by molar-refractivity contribution is 0.964. The molecule has 0 saturated carbocycles. The summed E-state index contributed by atoms with van der Waals surface area (Å²) in [5.41, 5.74) is 3.31. The number of hydrogen-bond donors (Lipinski definition) is 0. The minimum absolute atomic E-state index is 0.0460. The molecule has 0 N–H and O–H groups in total. The Labute approximate surface area is 134 Å². The molecule has 1 heterocycles. The van der Waals surface area contributed by atoms with Crippen molar-refractivity contribution in [2.24, 2.45) is 0 Å². The molecule has 104 valence electrons. The zero-order valence-electron chi connectivity index (χ0n) is 11.2. The largest absolute Gasteiger partial charge is 0.264 e. The van der Waals surface area contributed by atoms with Crippen LogP contribution in [-0.2, 0) is 0 Å². The van der Waals surface area contributed by atoms with Gasteiger partial charge in [-0.3, -0.25) is 4.98 Å². The van der Waals surface area contributed by atoms with Gasteiger partial charge in [0.25, 0.3) is 0 Å². The van der Waals surface area contributed by atoms with Gasteiger partial charge in [-0.2, -0.15) is 0 Å². The maximum Gasteiger partial charge on any atom is 0.0447 e. The minimum Gasteiger partial charge on any atom is -0.264 e. The number of benzene rings is 2. The molecule has 0 radical (unpaired) electrons. The molecule has 1 aromatic heterocycles. The zero-order valence-corrected chi connectivity index (χ0v) is 12.7. The van der Waals surface area contributed by atoms with Crippen LogP contribution in [0.1, 0.15) is 22.6 Å². The van der Waals surface area contributed by atoms with Crippen molar-refractivity contribution in [2.75, 3.05) is 0 Å². The van der Waals surface area contributed by atoms with Gasteiger partial charge >= 0.3 is 0 Å². The first-order valence-corrected chi connectivity index (χ1v) is 7.41. The van der Waals surface area contributed by atoms with E-state index in [-0.39, 0.29) is 5.92 Å². The Morgan fingerprint density at radius 2 is 1.52 bits per heavy atom. The fourth-order valence-corrected chi connectivity index (χ4v) is 2.83. The van der Waals surface area contributed by atoms with Crippen LogP contribution in [0, 0.1) is 0 Å². The molecule has 1 atom stereocenters. The normalized spacial score (nSPS) is 12.1. The molecular weight excluding hydrogens is 301 g/mol. The van der Waals surface area contributed by atoms with Gasteiger partial charge in [0.15, 0.2) is 0 Å². The molecular formula is C18H13Cl2N. The topological polar surface area (TPSA) is 12.9 Å². The molecule has 0 spiro atoms. The van der Waals surface area contributed by atoms with Gasteiger partial charge in [-0.25, -0.2) is 0 Å². The fraction of sp³-hybridized carbons (Fsp3) is 0.0556. The lowest BCUT2D eigenvalue weighted by Gasteiger charge is -2.19. The standard InChI is InChI=1S/C18H13Cl2N/c19-15-9-7-13(8-10-15)18(14-4-3-11-21-12-14)16-5-1-2-6-17(16)20/h1-12,18H/t18-/m0/s1. The molecule has 0 bridgehead atoms. The lowest BCUT2D eigenvalue weighted by Crippen LogP contribution is -2.04. The number of hydrogen-bond acceptors (Lipinski definition) is 1. The van der Waals surface area contributed by atoms with Crippen LogP contribution >= 0.6 is 23.2 Å². The summed E-state index contributed by atoms with van der Waals surface area (Å²) >= 11 is 12.4. The Bertz CT molecular complexity index is 724. The summed E-state index contributed by atoms with van der Waals surface area (Å²) < 4.78 is 0. The number of pyridine rings is 1. The Hall–Kier alpha value is -1.83. The summed E-state index contributed by atoms with van der Waals surface area (Å²) in [6.07, 6.45) is 3.65. The van der Waals surface area contributed by atoms with Crippen LogP contribution in [0.25, 0.3) is 0 Å². The van der Waals surface area contributed by atoms with Crippen molar-refractivity contribution in [3.63, 3.8) is 0 Å². The predicted molar refractivity (Wildman–Crippen MR) is 88.1 cm³/mol. The summed E-state index contributed by atoms with van der Waals surface area (Å²) in [7, 11) is 0. The molecule has 0 amide bonds. The summed E-state index contributed by atoms with van der Waals surface area (Å²) in [5, 5.41) is 1.48. The van der Waals surface area contributed by atoms with E-state index in [0.717, 1.165) is 26.7 Å². The SMILES string of the molecule is Clc1ccc([C@@H](c2cccnc2)c2ccccc2Cl)cc1. The molecule has 0 unspecified atom stereocenters. The molecule has 1 nitrogen and oxygen atoms in total. The lowest BCUT2D eigenvalue weighted by atomic mass is 9.86. The van der Waals surface area contributed by atoms with Crippen LogP contribution in [0.15, 0.2) is 73.1 Å². The highest BCUT2D eigenvalue weighted by Gasteiger charge is 2.19. The van der Waals surface area contributed by atoms with Gasteiger partial charge in [-0.15, -0.1) is 0 Å². The van der Waals surface area contributed by atoms with Crippen LogP contribution in [0.2, 0.25) is 10.0 Å². The number of nitrogens with zero attached hydrogens (tertiary/aromatic N) is 1. The third-order valence-electron chi connectivity index (χ3n) is 3.44. The van der Waals surface area contributed by atoms with Gasteiger partial charge < -0.3 is 0 Å². The molecule has 0 fully saturated rings. The van der Waals surface area contributed by atoms with E-state index in [4.69, 9.17) is 23.2 Å². The second kappa shape index (κ2) is 6.30. The number of halogens is 2. The molecule has 0 aliphatic heterocycles. The van der Waals surface area contributed by atoms with Crippen LogP contribution < -0.4 is 0 Å². The van der Waals surface area contributed by atoms with Crippen molar-refractivity contribution in [2.45, 2.75) is 5.92 Å². The molecule has 3 heteroatoms. The first-order valence-electron chi connectivity index (χ1n) is 6.65. The zero-order chi connectivity index (χ0) is 14.7. The Morgan fingerprint density at radius 3 is 2.19 bits per heavy atom. The fourth-order valence-electron chi connectivity index (χ4n) is 2.46. The smallest absolute Gasteiger partial charge is 0.0447 e. The predicted octanol–water partition coefficient (Wildman–Crippen LogP) is 5.57. The van der Waals surface area contributed by atoms with E-state index in [1.807, 2.05) is 54.7 Å². The summed E-state index contributed by atoms with van der Waals surface area (Å²) in [4.78, 5) is 4.23. The first-order chi connectivity index (χ1) is 10.3. The molecule has 3 rings (SSSR count). The van der Waals surface area contributed by atoms with Crippen LogP contribution in [0.4, 0.5) is 0 Å². The van der Waals surface area contributed by atoms with Crippen molar-refractivity contribution >= 4 is 23.2 Å². The average molecular weight is 314 g/mol. The third-order valence-corrected chi connectivity index (χ3v) is 4.03. The Morgan fingerprint density at radius 1 is 0.762 bits per heavy atom. The molecule has 0 aliphatic carbocycles. The Balaban J connectivity index is 2.16. The van der Waals surface area contributed by atoms with Crippen molar-refractivity contribution < 1.29 is 0 Å². The summed E-state index contributed by atoms with van der Waals surface area (Å²) in [6.45, 7) is 0. The summed E-state index contributed by atoms with van der Waals surface area (Å²) in [5.74, 6) is 0.0460. The molecule has 21 heavy (non-hydrogen) atoms. The van der Waals surface area contributed by atoms with E-state index in [1.54, 1.807) is 6.20 Å². The summed E-state index contributed by atoms with van der Waals surface area (Å²) in [6, 6.07) is 19.8. The third kappa shape index (κ3) is 3.10. The van der Waals surface area contributed by atoms with Gasteiger partial charge in [0.1, 0.15) is 0 Å². The van der Waals surface area contributed by atoms with E-state index in [0.29, 0.717) is 0 Å². The van der Waals surface area contributed by atoms with Gasteiger partial charge in [-0.05, 0) is 41.0 Å². The number of aromatic nitrogens is 1. The Kier molecular flexibility index (Phi) is 4.23. The van der Waals surface area contributed by atoms with Crippen LogP contribution in [0.5, 0.6) is 0 Å². The van der Waals surface area contributed by atoms with Crippen molar-refractivity contribution in [3.8, 4) is 0 Å². The van der Waals surface area contributed by atoms with Crippen LogP contribution in [-0.4, -0.2) is 4.98 Å². The second-order valence-corrected chi connectivity index (χ2v) is 5.64. The maximum absolute atomic E-state index is 6.40.